The average Bonchev–Trinajstić information content (AvgIpc) is 2.71. The molecule has 0 aromatic heterocycles. The molecule has 0 radical (unpaired) electrons. The molecule has 0 aliphatic carbocycles. The van der Waals surface area contributed by atoms with E-state index in [0.717, 1.165) is 5.56 Å². The number of ether oxygens (including phenoxy) is 2. The SMILES string of the molecule is CC(C)C(C(=O)OCc1ccccc1)N(C)C(=O)N1CCN(C(=O)OC(C)(C)C)CC1. The second-order valence-corrected chi connectivity index (χ2v) is 9.13. The van der Waals surface area contributed by atoms with Crippen LogP contribution in [0.3, 0.4) is 0 Å². The Hall–Kier alpha value is -2.77. The van der Waals surface area contributed by atoms with E-state index in [1.807, 2.05) is 65.0 Å². The Morgan fingerprint density at radius 3 is 2.06 bits per heavy atom. The van der Waals surface area contributed by atoms with Gasteiger partial charge in [0.2, 0.25) is 0 Å². The van der Waals surface area contributed by atoms with E-state index in [1.165, 1.54) is 4.90 Å². The summed E-state index contributed by atoms with van der Waals surface area (Å²) in [5.41, 5.74) is 0.333. The van der Waals surface area contributed by atoms with Crippen LogP contribution in [0.1, 0.15) is 40.2 Å². The summed E-state index contributed by atoms with van der Waals surface area (Å²) in [6, 6.07) is 8.50. The molecule has 31 heavy (non-hydrogen) atoms. The lowest BCUT2D eigenvalue weighted by Crippen LogP contribution is -2.57. The minimum atomic E-state index is -0.694. The number of amides is 3. The maximum atomic E-state index is 13.0. The summed E-state index contributed by atoms with van der Waals surface area (Å²) in [4.78, 5) is 42.7. The van der Waals surface area contributed by atoms with Gasteiger partial charge in [0.1, 0.15) is 18.2 Å². The van der Waals surface area contributed by atoms with E-state index in [-0.39, 0.29) is 24.6 Å². The lowest BCUT2D eigenvalue weighted by Gasteiger charge is -2.39. The molecule has 1 atom stereocenters. The van der Waals surface area contributed by atoms with E-state index in [1.54, 1.807) is 16.8 Å². The molecule has 0 spiro atoms. The molecule has 0 saturated carbocycles. The maximum Gasteiger partial charge on any atom is 0.410 e. The number of carbonyl (C=O) groups excluding carboxylic acids is 3. The summed E-state index contributed by atoms with van der Waals surface area (Å²) in [5.74, 6) is -0.539. The Labute approximate surface area is 185 Å². The van der Waals surface area contributed by atoms with Gasteiger partial charge in [-0.25, -0.2) is 14.4 Å². The van der Waals surface area contributed by atoms with Crippen molar-refractivity contribution in [3.8, 4) is 0 Å². The summed E-state index contributed by atoms with van der Waals surface area (Å²) in [7, 11) is 1.62. The van der Waals surface area contributed by atoms with Crippen molar-refractivity contribution >= 4 is 18.1 Å². The number of likely N-dealkylation sites (N-methyl/N-ethyl adjacent to an activating group) is 1. The van der Waals surface area contributed by atoms with Gasteiger partial charge >= 0.3 is 18.1 Å². The normalized spacial score (nSPS) is 15.5. The zero-order valence-electron chi connectivity index (χ0n) is 19.5. The number of hydrogen-bond donors (Lipinski definition) is 0. The maximum absolute atomic E-state index is 13.0. The van der Waals surface area contributed by atoms with Gasteiger partial charge in [0.05, 0.1) is 0 Å². The van der Waals surface area contributed by atoms with Gasteiger partial charge in [-0.15, -0.1) is 0 Å². The van der Waals surface area contributed by atoms with Crippen molar-refractivity contribution in [2.45, 2.75) is 52.9 Å². The van der Waals surface area contributed by atoms with Crippen LogP contribution in [-0.2, 0) is 20.9 Å². The van der Waals surface area contributed by atoms with Crippen LogP contribution in [-0.4, -0.2) is 77.7 Å². The van der Waals surface area contributed by atoms with E-state index in [4.69, 9.17) is 9.47 Å². The number of piperazine rings is 1. The van der Waals surface area contributed by atoms with Crippen LogP contribution in [0.5, 0.6) is 0 Å². The molecule has 8 heteroatoms. The minimum absolute atomic E-state index is 0.111. The van der Waals surface area contributed by atoms with Crippen molar-refractivity contribution in [1.82, 2.24) is 14.7 Å². The molecular weight excluding hydrogens is 398 g/mol. The average molecular weight is 434 g/mol. The van der Waals surface area contributed by atoms with Crippen LogP contribution in [0.4, 0.5) is 9.59 Å². The van der Waals surface area contributed by atoms with Crippen molar-refractivity contribution in [2.24, 2.45) is 5.92 Å². The number of rotatable bonds is 5. The molecule has 0 N–H and O–H groups in total. The Morgan fingerprint density at radius 1 is 1.00 bits per heavy atom. The lowest BCUT2D eigenvalue weighted by molar-refractivity contribution is -0.151. The Morgan fingerprint density at radius 2 is 1.55 bits per heavy atom. The number of hydrogen-bond acceptors (Lipinski definition) is 5. The number of carbonyl (C=O) groups is 3. The molecule has 1 saturated heterocycles. The first-order valence-corrected chi connectivity index (χ1v) is 10.7. The first kappa shape index (κ1) is 24.5. The number of urea groups is 1. The molecule has 1 aliphatic heterocycles. The zero-order chi connectivity index (χ0) is 23.2. The number of benzene rings is 1. The first-order valence-electron chi connectivity index (χ1n) is 10.7. The molecule has 2 rings (SSSR count). The molecule has 1 aromatic carbocycles. The highest BCUT2D eigenvalue weighted by molar-refractivity contribution is 5.84. The van der Waals surface area contributed by atoms with Gasteiger partial charge in [-0.2, -0.15) is 0 Å². The van der Waals surface area contributed by atoms with Crippen molar-refractivity contribution in [1.29, 1.82) is 0 Å². The van der Waals surface area contributed by atoms with Gasteiger partial charge < -0.3 is 24.2 Å². The van der Waals surface area contributed by atoms with E-state index in [2.05, 4.69) is 0 Å². The van der Waals surface area contributed by atoms with E-state index < -0.39 is 17.6 Å². The summed E-state index contributed by atoms with van der Waals surface area (Å²) in [5, 5.41) is 0. The fraction of sp³-hybridized carbons (Fsp3) is 0.609. The standard InChI is InChI=1S/C23H35N3O5/c1-17(2)19(20(27)30-16-18-10-8-7-9-11-18)24(6)21(28)25-12-14-26(15-13-25)22(29)31-23(3,4)5/h7-11,17,19H,12-16H2,1-6H3. The van der Waals surface area contributed by atoms with E-state index in [9.17, 15) is 14.4 Å². The molecule has 1 aromatic rings. The molecule has 1 heterocycles. The molecule has 172 valence electrons. The minimum Gasteiger partial charge on any atom is -0.459 e. The van der Waals surface area contributed by atoms with Crippen LogP contribution >= 0.6 is 0 Å². The monoisotopic (exact) mass is 433 g/mol. The molecule has 3 amide bonds. The Kier molecular flexibility index (Phi) is 8.30. The fourth-order valence-corrected chi connectivity index (χ4v) is 3.44. The van der Waals surface area contributed by atoms with E-state index in [0.29, 0.717) is 26.2 Å². The third-order valence-electron chi connectivity index (χ3n) is 5.02. The Bertz CT molecular complexity index is 752. The van der Waals surface area contributed by atoms with E-state index >= 15 is 0 Å². The van der Waals surface area contributed by atoms with Crippen LogP contribution in [0.15, 0.2) is 30.3 Å². The van der Waals surface area contributed by atoms with Crippen molar-refractivity contribution in [3.63, 3.8) is 0 Å². The van der Waals surface area contributed by atoms with Crippen molar-refractivity contribution < 1.29 is 23.9 Å². The van der Waals surface area contributed by atoms with Crippen LogP contribution in [0.25, 0.3) is 0 Å². The molecule has 1 aliphatic rings. The largest absolute Gasteiger partial charge is 0.459 e. The molecule has 1 fully saturated rings. The van der Waals surface area contributed by atoms with Gasteiger partial charge in [0.25, 0.3) is 0 Å². The second kappa shape index (κ2) is 10.5. The number of nitrogens with zero attached hydrogens (tertiary/aromatic N) is 3. The quantitative estimate of drug-likeness (QED) is 0.666. The zero-order valence-corrected chi connectivity index (χ0v) is 19.5. The van der Waals surface area contributed by atoms with Gasteiger partial charge in [-0.05, 0) is 32.3 Å². The summed E-state index contributed by atoms with van der Waals surface area (Å²) < 4.78 is 10.9. The van der Waals surface area contributed by atoms with Crippen LogP contribution in [0.2, 0.25) is 0 Å². The summed E-state index contributed by atoms with van der Waals surface area (Å²) in [6.45, 7) is 10.9. The summed E-state index contributed by atoms with van der Waals surface area (Å²) in [6.07, 6.45) is -0.377. The summed E-state index contributed by atoms with van der Waals surface area (Å²) >= 11 is 0. The molecular formula is C23H35N3O5. The highest BCUT2D eigenvalue weighted by Gasteiger charge is 2.35. The predicted molar refractivity (Wildman–Crippen MR) is 117 cm³/mol. The van der Waals surface area contributed by atoms with Gasteiger partial charge in [-0.3, -0.25) is 0 Å². The van der Waals surface area contributed by atoms with Crippen LogP contribution < -0.4 is 0 Å². The third-order valence-corrected chi connectivity index (χ3v) is 5.02. The highest BCUT2D eigenvalue weighted by atomic mass is 16.6. The van der Waals surface area contributed by atoms with Gasteiger partial charge in [0, 0.05) is 33.2 Å². The topological polar surface area (TPSA) is 79.4 Å². The van der Waals surface area contributed by atoms with Gasteiger partial charge in [0.15, 0.2) is 0 Å². The Balaban J connectivity index is 1.93. The van der Waals surface area contributed by atoms with Crippen molar-refractivity contribution in [3.05, 3.63) is 35.9 Å². The molecule has 1 unspecified atom stereocenters. The molecule has 0 bridgehead atoms. The fourth-order valence-electron chi connectivity index (χ4n) is 3.44. The van der Waals surface area contributed by atoms with Gasteiger partial charge in [-0.1, -0.05) is 44.2 Å². The predicted octanol–water partition coefficient (Wildman–Crippen LogP) is 3.36. The smallest absolute Gasteiger partial charge is 0.410 e. The van der Waals surface area contributed by atoms with Crippen molar-refractivity contribution in [2.75, 3.05) is 33.2 Å². The highest BCUT2D eigenvalue weighted by Crippen LogP contribution is 2.17. The first-order chi connectivity index (χ1) is 14.5. The third kappa shape index (κ3) is 7.15. The molecule has 8 nitrogen and oxygen atoms in total. The lowest BCUT2D eigenvalue weighted by atomic mass is 10.0. The second-order valence-electron chi connectivity index (χ2n) is 9.13. The number of esters is 1. The van der Waals surface area contributed by atoms with Crippen LogP contribution in [0, 0.1) is 5.92 Å².